The standard InChI is InChI=1S/C13H19N3O3.C7H8.CH2O2/c14-11(17)7-10-4-6-16(8-10)13(19)9-15-5-2-1-3-12(15)18;1-7-5-3-2-4-6-7;2-1-3/h1,3,10H,2,4-9H2,(H2,14,17);2-6H,1H3;1H,(H,2,3). The third-order valence-electron chi connectivity index (χ3n) is 4.53. The van der Waals surface area contributed by atoms with E-state index in [0.29, 0.717) is 26.1 Å². The van der Waals surface area contributed by atoms with Crippen LogP contribution < -0.4 is 5.73 Å². The molecule has 3 rings (SSSR count). The van der Waals surface area contributed by atoms with Gasteiger partial charge in [0.1, 0.15) is 6.54 Å². The van der Waals surface area contributed by atoms with Crippen LogP contribution in [-0.4, -0.2) is 65.3 Å². The number of carboxylic acid groups (broad SMARTS) is 1. The molecule has 8 nitrogen and oxygen atoms in total. The Bertz CT molecular complexity index is 706. The molecule has 1 fully saturated rings. The zero-order valence-electron chi connectivity index (χ0n) is 16.7. The van der Waals surface area contributed by atoms with Crippen molar-refractivity contribution in [2.45, 2.75) is 26.2 Å². The lowest BCUT2D eigenvalue weighted by Crippen LogP contribution is -2.43. The van der Waals surface area contributed by atoms with Gasteiger partial charge in [-0.1, -0.05) is 42.0 Å². The smallest absolute Gasteiger partial charge is 0.290 e. The van der Waals surface area contributed by atoms with Crippen molar-refractivity contribution in [2.24, 2.45) is 11.7 Å². The van der Waals surface area contributed by atoms with E-state index >= 15 is 0 Å². The number of hydrogen-bond acceptors (Lipinski definition) is 4. The second-order valence-electron chi connectivity index (χ2n) is 6.88. The van der Waals surface area contributed by atoms with Crippen LogP contribution in [0.25, 0.3) is 0 Å². The fourth-order valence-electron chi connectivity index (χ4n) is 3.10. The molecule has 0 radical (unpaired) electrons. The van der Waals surface area contributed by atoms with Gasteiger partial charge in [0.2, 0.25) is 17.7 Å². The highest BCUT2D eigenvalue weighted by molar-refractivity contribution is 5.92. The van der Waals surface area contributed by atoms with Crippen molar-refractivity contribution in [3.05, 3.63) is 48.0 Å². The predicted octanol–water partition coefficient (Wildman–Crippen LogP) is 1.19. The first-order valence-electron chi connectivity index (χ1n) is 9.48. The van der Waals surface area contributed by atoms with Gasteiger partial charge in [-0.05, 0) is 31.8 Å². The average Bonchev–Trinajstić information content (AvgIpc) is 3.13. The highest BCUT2D eigenvalue weighted by atomic mass is 16.3. The first kappa shape index (κ1) is 23.9. The van der Waals surface area contributed by atoms with Gasteiger partial charge < -0.3 is 20.6 Å². The molecule has 2 heterocycles. The van der Waals surface area contributed by atoms with Crippen LogP contribution >= 0.6 is 0 Å². The van der Waals surface area contributed by atoms with E-state index in [-0.39, 0.29) is 36.7 Å². The first-order valence-corrected chi connectivity index (χ1v) is 9.48. The summed E-state index contributed by atoms with van der Waals surface area (Å²) in [6.45, 7) is 3.78. The van der Waals surface area contributed by atoms with E-state index in [2.05, 4.69) is 19.1 Å². The number of nitrogens with two attached hydrogens (primary N) is 1. The predicted molar refractivity (Wildman–Crippen MR) is 109 cm³/mol. The molecule has 8 heteroatoms. The summed E-state index contributed by atoms with van der Waals surface area (Å²) in [7, 11) is 0. The van der Waals surface area contributed by atoms with Gasteiger partial charge in [-0.25, -0.2) is 0 Å². The minimum Gasteiger partial charge on any atom is -0.483 e. The zero-order chi connectivity index (χ0) is 21.6. The summed E-state index contributed by atoms with van der Waals surface area (Å²) < 4.78 is 0. The number of primary amides is 1. The molecule has 1 saturated heterocycles. The number of aryl methyl sites for hydroxylation is 1. The number of nitrogens with zero attached hydrogens (tertiary/aromatic N) is 2. The summed E-state index contributed by atoms with van der Waals surface area (Å²) in [5.41, 5.74) is 6.48. The summed E-state index contributed by atoms with van der Waals surface area (Å²) in [5.74, 6) is -0.308. The highest BCUT2D eigenvalue weighted by Crippen LogP contribution is 2.19. The number of carbonyl (C=O) groups is 4. The third-order valence-corrected chi connectivity index (χ3v) is 4.53. The molecule has 0 bridgehead atoms. The second kappa shape index (κ2) is 13.1. The van der Waals surface area contributed by atoms with Crippen LogP contribution in [0.2, 0.25) is 0 Å². The Hall–Kier alpha value is -3.16. The van der Waals surface area contributed by atoms with Crippen molar-refractivity contribution in [1.82, 2.24) is 9.80 Å². The topological polar surface area (TPSA) is 121 Å². The van der Waals surface area contributed by atoms with Crippen molar-refractivity contribution in [2.75, 3.05) is 26.2 Å². The maximum atomic E-state index is 12.1. The van der Waals surface area contributed by atoms with Gasteiger partial charge in [-0.3, -0.25) is 19.2 Å². The molecule has 2 aliphatic rings. The molecule has 0 spiro atoms. The molecule has 0 aromatic heterocycles. The Kier molecular flexibility index (Phi) is 10.8. The van der Waals surface area contributed by atoms with E-state index in [0.717, 1.165) is 12.8 Å². The van der Waals surface area contributed by atoms with Gasteiger partial charge in [0.15, 0.2) is 0 Å². The summed E-state index contributed by atoms with van der Waals surface area (Å²) in [6, 6.07) is 10.3. The molecule has 0 saturated carbocycles. The number of amides is 3. The highest BCUT2D eigenvalue weighted by Gasteiger charge is 2.28. The van der Waals surface area contributed by atoms with E-state index < -0.39 is 0 Å². The zero-order valence-corrected chi connectivity index (χ0v) is 16.7. The van der Waals surface area contributed by atoms with Crippen molar-refractivity contribution in [1.29, 1.82) is 0 Å². The number of carbonyl (C=O) groups excluding carboxylic acids is 3. The molecule has 1 aromatic carbocycles. The van der Waals surface area contributed by atoms with Crippen LogP contribution in [0.3, 0.4) is 0 Å². The van der Waals surface area contributed by atoms with E-state index in [1.54, 1.807) is 9.80 Å². The van der Waals surface area contributed by atoms with Gasteiger partial charge in [0.05, 0.1) is 0 Å². The molecule has 3 N–H and O–H groups in total. The van der Waals surface area contributed by atoms with Crippen LogP contribution in [0.15, 0.2) is 42.5 Å². The Labute approximate surface area is 171 Å². The molecule has 1 atom stereocenters. The summed E-state index contributed by atoms with van der Waals surface area (Å²) in [4.78, 5) is 46.1. The molecule has 29 heavy (non-hydrogen) atoms. The summed E-state index contributed by atoms with van der Waals surface area (Å²) in [6.07, 6.45) is 5.26. The van der Waals surface area contributed by atoms with Crippen molar-refractivity contribution < 1.29 is 24.3 Å². The summed E-state index contributed by atoms with van der Waals surface area (Å²) >= 11 is 0. The monoisotopic (exact) mass is 403 g/mol. The molecule has 158 valence electrons. The molecule has 1 aromatic rings. The quantitative estimate of drug-likeness (QED) is 0.732. The van der Waals surface area contributed by atoms with Crippen LogP contribution in [-0.2, 0) is 19.2 Å². The average molecular weight is 403 g/mol. The largest absolute Gasteiger partial charge is 0.483 e. The van der Waals surface area contributed by atoms with E-state index in [1.165, 1.54) is 11.6 Å². The number of hydrogen-bond donors (Lipinski definition) is 2. The fourth-order valence-corrected chi connectivity index (χ4v) is 3.10. The SMILES string of the molecule is Cc1ccccc1.NC(=O)CC1CCN(C(=O)CN2CCC=CC2=O)C1.O=CO. The molecule has 1 unspecified atom stereocenters. The van der Waals surface area contributed by atoms with Gasteiger partial charge in [-0.15, -0.1) is 0 Å². The van der Waals surface area contributed by atoms with Crippen molar-refractivity contribution in [3.8, 4) is 0 Å². The Morgan fingerprint density at radius 2 is 1.90 bits per heavy atom. The van der Waals surface area contributed by atoms with E-state index in [9.17, 15) is 14.4 Å². The Balaban J connectivity index is 0.000000347. The fraction of sp³-hybridized carbons (Fsp3) is 0.429. The summed E-state index contributed by atoms with van der Waals surface area (Å²) in [5, 5.41) is 6.89. The lowest BCUT2D eigenvalue weighted by molar-refractivity contribution is -0.137. The maximum Gasteiger partial charge on any atom is 0.290 e. The molecule has 0 aliphatic carbocycles. The third kappa shape index (κ3) is 9.55. The van der Waals surface area contributed by atoms with Gasteiger partial charge in [-0.2, -0.15) is 0 Å². The minimum atomic E-state index is -0.323. The normalized spacial score (nSPS) is 17.6. The lowest BCUT2D eigenvalue weighted by Gasteiger charge is -2.25. The number of likely N-dealkylation sites (tertiary alicyclic amines) is 1. The van der Waals surface area contributed by atoms with Crippen LogP contribution in [0, 0.1) is 12.8 Å². The van der Waals surface area contributed by atoms with Crippen molar-refractivity contribution in [3.63, 3.8) is 0 Å². The Morgan fingerprint density at radius 3 is 2.41 bits per heavy atom. The molecule has 3 amide bonds. The van der Waals surface area contributed by atoms with Gasteiger partial charge in [0.25, 0.3) is 6.47 Å². The maximum absolute atomic E-state index is 12.1. The second-order valence-corrected chi connectivity index (χ2v) is 6.88. The van der Waals surface area contributed by atoms with Gasteiger partial charge >= 0.3 is 0 Å². The van der Waals surface area contributed by atoms with Crippen LogP contribution in [0.1, 0.15) is 24.8 Å². The van der Waals surface area contributed by atoms with Crippen LogP contribution in [0.5, 0.6) is 0 Å². The lowest BCUT2D eigenvalue weighted by atomic mass is 10.1. The molecular weight excluding hydrogens is 374 g/mol. The van der Waals surface area contributed by atoms with Crippen molar-refractivity contribution >= 4 is 24.2 Å². The van der Waals surface area contributed by atoms with Gasteiger partial charge in [0, 0.05) is 26.1 Å². The first-order chi connectivity index (χ1) is 13.9. The molecular formula is C21H29N3O5. The van der Waals surface area contributed by atoms with Crippen LogP contribution in [0.4, 0.5) is 0 Å². The van der Waals surface area contributed by atoms with E-state index in [1.807, 2.05) is 24.3 Å². The Morgan fingerprint density at radius 1 is 1.24 bits per heavy atom. The number of rotatable bonds is 4. The number of benzene rings is 1. The van der Waals surface area contributed by atoms with E-state index in [4.69, 9.17) is 15.6 Å². The minimum absolute atomic E-state index is 0.0457. The molecule has 2 aliphatic heterocycles.